The van der Waals surface area contributed by atoms with E-state index < -0.39 is 83.1 Å². The van der Waals surface area contributed by atoms with Gasteiger partial charge in [-0.25, -0.2) is 0 Å². The Morgan fingerprint density at radius 2 is 1.67 bits per heavy atom. The minimum absolute atomic E-state index is 0.00524. The topological polar surface area (TPSA) is 177 Å². The molecule has 0 spiro atoms. The van der Waals surface area contributed by atoms with Gasteiger partial charge in [0.25, 0.3) is 0 Å². The lowest BCUT2D eigenvalue weighted by molar-refractivity contribution is -0.205. The molecular weight excluding hydrogens is 800 g/mol. The second-order valence-corrected chi connectivity index (χ2v) is 18.3. The number of likely N-dealkylation sites (N-methyl/N-ethyl adjacent to an activating group) is 1. The zero-order valence-corrected chi connectivity index (χ0v) is 37.6. The number of aromatic nitrogens is 3. The van der Waals surface area contributed by atoms with E-state index in [1.165, 1.54) is 42.7 Å². The summed E-state index contributed by atoms with van der Waals surface area (Å²) in [4.78, 5) is 45.7. The van der Waals surface area contributed by atoms with Crippen molar-refractivity contribution in [2.45, 2.75) is 160 Å². The predicted octanol–water partition coefficient (Wildman–Crippen LogP) is 5.16. The number of hydrogen-bond donors (Lipinski definition) is 3. The van der Waals surface area contributed by atoms with Crippen molar-refractivity contribution in [1.82, 2.24) is 24.8 Å². The van der Waals surface area contributed by atoms with E-state index in [0.29, 0.717) is 17.7 Å². The molecule has 2 aliphatic rings. The van der Waals surface area contributed by atoms with E-state index in [4.69, 9.17) is 14.2 Å². The number of ketones is 1. The summed E-state index contributed by atoms with van der Waals surface area (Å²) in [6.07, 6.45) is -6.29. The van der Waals surface area contributed by atoms with Crippen LogP contribution in [0.3, 0.4) is 0 Å². The van der Waals surface area contributed by atoms with Crippen LogP contribution in [0.1, 0.15) is 99.5 Å². The van der Waals surface area contributed by atoms with Gasteiger partial charge in [-0.1, -0.05) is 45.0 Å². The molecule has 2 aromatic rings. The molecule has 1 amide bonds. The minimum Gasteiger partial charge on any atom is -0.459 e. The van der Waals surface area contributed by atoms with Gasteiger partial charge in [-0.15, -0.1) is 5.10 Å². The van der Waals surface area contributed by atoms with Crippen LogP contribution in [0.15, 0.2) is 30.5 Å². The Labute approximate surface area is 358 Å². The Hall–Kier alpha value is -3.48. The number of halogens is 3. The molecule has 1 saturated heterocycles. The molecule has 344 valence electrons. The van der Waals surface area contributed by atoms with E-state index in [1.807, 2.05) is 32.8 Å². The third-order valence-electron chi connectivity index (χ3n) is 13.0. The number of carbonyl (C=O) groups is 3. The first kappa shape index (κ1) is 50.2. The van der Waals surface area contributed by atoms with Gasteiger partial charge in [-0.3, -0.25) is 19.1 Å². The number of rotatable bonds is 10. The molecule has 2 fully saturated rings. The smallest absolute Gasteiger partial charge is 0.416 e. The molecule has 4 rings (SSSR count). The SMILES string of the molecule is CC[C@H]1OC(=O)[C@H](C)C(=O)[C@H](C)[C@@H](O[C@@H]2C[C@H](C)C[C@H](N(C)C)[C@H]2O)[C@@](C)(OC)C[C@@H](C)CN(C(=O)CCCn2cc(-c3ccc(C(F)(F)F)cc3)nn2)[C@H](C)[C@@H](O)[C@]1(C)O. The Morgan fingerprint density at radius 3 is 2.25 bits per heavy atom. The first-order valence-corrected chi connectivity index (χ1v) is 21.4. The molecule has 17 heteroatoms. The number of carbonyl (C=O) groups excluding carboxylic acids is 3. The minimum atomic E-state index is -4.47. The van der Waals surface area contributed by atoms with Crippen molar-refractivity contribution in [1.29, 1.82) is 0 Å². The first-order valence-electron chi connectivity index (χ1n) is 21.4. The summed E-state index contributed by atoms with van der Waals surface area (Å²) in [5, 5.41) is 43.5. The van der Waals surface area contributed by atoms with Crippen molar-refractivity contribution >= 4 is 17.7 Å². The standard InChI is InChI=1S/C44H68F3N5O9/c1-12-35-43(8,58)39(56)29(6)52(36(53)14-13-19-51-24-32(48-49-51)30-15-17-31(18-16-30)44(45,46)47)23-26(3)22-42(7,59-11)40(27(4)37(54)28(5)41(57)61-35)60-34-21-25(2)20-33(38(34)55)50(9)10/h15-18,24-29,33-35,38-40,55-56,58H,12-14,19-23H2,1-11H3/t25-,26-,27+,28-,29-,33+,34-,35-,38-,39-,40-,42+,43-/m1/s1. The number of nitrogens with zero attached hydrogens (tertiary/aromatic N) is 5. The van der Waals surface area contributed by atoms with E-state index in [9.17, 15) is 42.9 Å². The lowest BCUT2D eigenvalue weighted by Crippen LogP contribution is -2.60. The number of aryl methyl sites for hydroxylation is 1. The lowest BCUT2D eigenvalue weighted by Gasteiger charge is -2.47. The van der Waals surface area contributed by atoms with Gasteiger partial charge in [0.1, 0.15) is 29.4 Å². The van der Waals surface area contributed by atoms with E-state index in [2.05, 4.69) is 17.2 Å². The third kappa shape index (κ3) is 11.8. The van der Waals surface area contributed by atoms with Crippen molar-refractivity contribution in [3.63, 3.8) is 0 Å². The van der Waals surface area contributed by atoms with Gasteiger partial charge < -0.3 is 39.3 Å². The second kappa shape index (κ2) is 20.4. The molecule has 1 aromatic carbocycles. The summed E-state index contributed by atoms with van der Waals surface area (Å²) in [6, 6.07) is 3.40. The number of Topliss-reactive ketones (excluding diaryl/α,β-unsaturated/α-hetero) is 1. The largest absolute Gasteiger partial charge is 0.459 e. The number of aliphatic hydroxyl groups excluding tert-OH is 2. The molecule has 1 aliphatic heterocycles. The maximum Gasteiger partial charge on any atom is 0.416 e. The van der Waals surface area contributed by atoms with Crippen LogP contribution in [0.5, 0.6) is 0 Å². The van der Waals surface area contributed by atoms with Crippen LogP contribution in [0, 0.1) is 23.7 Å². The summed E-state index contributed by atoms with van der Waals surface area (Å²) in [5.74, 6) is -4.03. The number of benzene rings is 1. The van der Waals surface area contributed by atoms with Gasteiger partial charge in [-0.2, -0.15) is 13.2 Å². The molecule has 0 unspecified atom stereocenters. The summed E-state index contributed by atoms with van der Waals surface area (Å²) in [5.41, 5.74) is -3.19. The Kier molecular flexibility index (Phi) is 16.7. The molecule has 13 atom stereocenters. The average molecular weight is 868 g/mol. The van der Waals surface area contributed by atoms with Crippen LogP contribution >= 0.6 is 0 Å². The fourth-order valence-corrected chi connectivity index (χ4v) is 9.24. The summed E-state index contributed by atoms with van der Waals surface area (Å²) < 4.78 is 59.6. The van der Waals surface area contributed by atoms with Crippen molar-refractivity contribution in [2.24, 2.45) is 23.7 Å². The summed E-state index contributed by atoms with van der Waals surface area (Å²) in [6.45, 7) is 13.9. The number of methoxy groups -OCH3 is 1. The first-order chi connectivity index (χ1) is 28.4. The molecule has 1 saturated carbocycles. The molecular formula is C44H68F3N5O9. The highest BCUT2D eigenvalue weighted by Gasteiger charge is 2.51. The summed E-state index contributed by atoms with van der Waals surface area (Å²) in [7, 11) is 5.31. The molecule has 14 nitrogen and oxygen atoms in total. The normalized spacial score (nSPS) is 35.1. The fraction of sp³-hybridized carbons (Fsp3) is 0.750. The highest BCUT2D eigenvalue weighted by molar-refractivity contribution is 6.00. The van der Waals surface area contributed by atoms with Crippen LogP contribution in [0.4, 0.5) is 13.2 Å². The van der Waals surface area contributed by atoms with Crippen LogP contribution < -0.4 is 0 Å². The summed E-state index contributed by atoms with van der Waals surface area (Å²) >= 11 is 0. The zero-order valence-electron chi connectivity index (χ0n) is 37.6. The highest BCUT2D eigenvalue weighted by atomic mass is 19.4. The maximum absolute atomic E-state index is 14.3. The van der Waals surface area contributed by atoms with Crippen LogP contribution in [0.25, 0.3) is 11.3 Å². The molecule has 2 heterocycles. The number of esters is 1. The molecule has 1 aromatic heterocycles. The zero-order chi connectivity index (χ0) is 45.8. The van der Waals surface area contributed by atoms with Crippen molar-refractivity contribution in [2.75, 3.05) is 27.7 Å². The number of cyclic esters (lactones) is 1. The predicted molar refractivity (Wildman–Crippen MR) is 221 cm³/mol. The monoisotopic (exact) mass is 867 g/mol. The molecule has 1 aliphatic carbocycles. The number of amides is 1. The van der Waals surface area contributed by atoms with E-state index >= 15 is 0 Å². The van der Waals surface area contributed by atoms with Crippen molar-refractivity contribution < 1.29 is 57.1 Å². The third-order valence-corrected chi connectivity index (χ3v) is 13.0. The van der Waals surface area contributed by atoms with Crippen LogP contribution in [-0.4, -0.2) is 139 Å². The quantitative estimate of drug-likeness (QED) is 0.212. The van der Waals surface area contributed by atoms with Crippen LogP contribution in [-0.2, 0) is 41.3 Å². The van der Waals surface area contributed by atoms with Crippen molar-refractivity contribution in [3.8, 4) is 11.3 Å². The molecule has 0 radical (unpaired) electrons. The van der Waals surface area contributed by atoms with Crippen molar-refractivity contribution in [3.05, 3.63) is 36.0 Å². The van der Waals surface area contributed by atoms with E-state index in [-0.39, 0.29) is 62.6 Å². The Balaban J connectivity index is 1.65. The van der Waals surface area contributed by atoms with Crippen LogP contribution in [0.2, 0.25) is 0 Å². The maximum atomic E-state index is 14.3. The average Bonchev–Trinajstić information content (AvgIpc) is 3.68. The van der Waals surface area contributed by atoms with Gasteiger partial charge in [0, 0.05) is 44.1 Å². The Morgan fingerprint density at radius 1 is 1.03 bits per heavy atom. The van der Waals surface area contributed by atoms with Gasteiger partial charge in [0.2, 0.25) is 5.91 Å². The molecule has 0 bridgehead atoms. The second-order valence-electron chi connectivity index (χ2n) is 18.3. The van der Waals surface area contributed by atoms with E-state index in [0.717, 1.165) is 18.6 Å². The number of aliphatic hydroxyl groups is 3. The Bertz CT molecular complexity index is 1770. The number of alkyl halides is 3. The highest BCUT2D eigenvalue weighted by Crippen LogP contribution is 2.39. The number of hydrogen-bond acceptors (Lipinski definition) is 12. The van der Waals surface area contributed by atoms with E-state index in [1.54, 1.807) is 27.0 Å². The number of ether oxygens (including phenoxy) is 3. The van der Waals surface area contributed by atoms with Gasteiger partial charge >= 0.3 is 12.1 Å². The van der Waals surface area contributed by atoms with Gasteiger partial charge in [0.15, 0.2) is 5.78 Å². The van der Waals surface area contributed by atoms with Gasteiger partial charge in [0.05, 0.1) is 41.7 Å². The molecule has 61 heavy (non-hydrogen) atoms. The fourth-order valence-electron chi connectivity index (χ4n) is 9.24. The molecule has 3 N–H and O–H groups in total. The van der Waals surface area contributed by atoms with Gasteiger partial charge in [-0.05, 0) is 97.9 Å². The lowest BCUT2D eigenvalue weighted by atomic mass is 9.77.